The minimum Gasteiger partial charge on any atom is -0.450 e. The predicted octanol–water partition coefficient (Wildman–Crippen LogP) is 1.71. The average Bonchev–Trinajstić information content (AvgIpc) is 2.63. The largest absolute Gasteiger partial charge is 0.450 e. The summed E-state index contributed by atoms with van der Waals surface area (Å²) in [6.45, 7) is 5.58. The smallest absolute Gasteiger partial charge is 0.409 e. The molecular weight excluding hydrogens is 346 g/mol. The molecule has 0 spiro atoms. The topological polar surface area (TPSA) is 109 Å². The second kappa shape index (κ2) is 10.4. The molecule has 2 rings (SSSR count). The van der Waals surface area contributed by atoms with Crippen molar-refractivity contribution in [2.75, 3.05) is 31.6 Å². The van der Waals surface area contributed by atoms with Crippen molar-refractivity contribution in [3.63, 3.8) is 0 Å². The molecule has 8 heteroatoms. The first-order valence-electron chi connectivity index (χ1n) is 9.32. The maximum absolute atomic E-state index is 11.7. The maximum Gasteiger partial charge on any atom is 0.409 e. The van der Waals surface area contributed by atoms with Gasteiger partial charge in [0.05, 0.1) is 6.61 Å². The van der Waals surface area contributed by atoms with Crippen LogP contribution in [-0.2, 0) is 16.0 Å². The molecule has 148 valence electrons. The first kappa shape index (κ1) is 20.5. The second-order valence-electron chi connectivity index (χ2n) is 6.50. The lowest BCUT2D eigenvalue weighted by Crippen LogP contribution is -2.48. The van der Waals surface area contributed by atoms with E-state index in [0.29, 0.717) is 32.2 Å². The Morgan fingerprint density at radius 2 is 1.93 bits per heavy atom. The molecule has 8 nitrogen and oxygen atoms in total. The van der Waals surface area contributed by atoms with E-state index in [1.807, 2.05) is 24.3 Å². The molecule has 1 saturated heterocycles. The fraction of sp³-hybridized carbons (Fsp3) is 0.526. The molecule has 0 bridgehead atoms. The lowest BCUT2D eigenvalue weighted by Gasteiger charge is -2.31. The number of nitrogens with two attached hydrogens (primary N) is 1. The van der Waals surface area contributed by atoms with Gasteiger partial charge >= 0.3 is 6.09 Å². The minimum atomic E-state index is -0.248. The first-order chi connectivity index (χ1) is 13.0. The third-order valence-corrected chi connectivity index (χ3v) is 4.33. The van der Waals surface area contributed by atoms with E-state index in [4.69, 9.17) is 10.5 Å². The Labute approximate surface area is 160 Å². The van der Waals surface area contributed by atoms with Crippen LogP contribution >= 0.6 is 0 Å². The molecule has 4 N–H and O–H groups in total. The molecule has 0 unspecified atom stereocenters. The molecule has 1 aliphatic heterocycles. The van der Waals surface area contributed by atoms with Crippen molar-refractivity contribution in [1.29, 1.82) is 0 Å². The molecule has 0 atom stereocenters. The number of aliphatic imine (C=N–C) groups is 1. The molecule has 1 aromatic rings. The summed E-state index contributed by atoms with van der Waals surface area (Å²) in [6, 6.07) is 7.90. The molecule has 0 aromatic heterocycles. The highest BCUT2D eigenvalue weighted by Gasteiger charge is 2.23. The number of likely N-dealkylation sites (tertiary alicyclic amines) is 1. The van der Waals surface area contributed by atoms with Crippen LogP contribution in [0.1, 0.15) is 32.3 Å². The highest BCUT2D eigenvalue weighted by atomic mass is 16.6. The van der Waals surface area contributed by atoms with Gasteiger partial charge in [-0.3, -0.25) is 9.79 Å². The van der Waals surface area contributed by atoms with Crippen molar-refractivity contribution < 1.29 is 14.3 Å². The van der Waals surface area contributed by atoms with Crippen LogP contribution in [0.25, 0.3) is 0 Å². The van der Waals surface area contributed by atoms with Gasteiger partial charge < -0.3 is 26.0 Å². The third kappa shape index (κ3) is 7.16. The summed E-state index contributed by atoms with van der Waals surface area (Å²) in [5.41, 5.74) is 7.89. The lowest BCUT2D eigenvalue weighted by molar-refractivity contribution is -0.114. The Balaban J connectivity index is 1.70. The van der Waals surface area contributed by atoms with Gasteiger partial charge in [-0.1, -0.05) is 12.1 Å². The predicted molar refractivity (Wildman–Crippen MR) is 106 cm³/mol. The van der Waals surface area contributed by atoms with Gasteiger partial charge in [0.1, 0.15) is 0 Å². The molecule has 0 radical (unpaired) electrons. The van der Waals surface area contributed by atoms with E-state index in [1.54, 1.807) is 11.8 Å². The quantitative estimate of drug-likeness (QED) is 0.518. The second-order valence-corrected chi connectivity index (χ2v) is 6.50. The van der Waals surface area contributed by atoms with E-state index in [1.165, 1.54) is 6.92 Å². The molecule has 1 aromatic carbocycles. The van der Waals surface area contributed by atoms with Crippen molar-refractivity contribution >= 4 is 23.6 Å². The highest BCUT2D eigenvalue weighted by Crippen LogP contribution is 2.12. The average molecular weight is 375 g/mol. The van der Waals surface area contributed by atoms with E-state index >= 15 is 0 Å². The number of carbonyl (C=O) groups is 2. The maximum atomic E-state index is 11.7. The van der Waals surface area contributed by atoms with Crippen LogP contribution in [0.2, 0.25) is 0 Å². The van der Waals surface area contributed by atoms with Crippen molar-refractivity contribution in [3.05, 3.63) is 29.8 Å². The number of benzene rings is 1. The van der Waals surface area contributed by atoms with E-state index in [9.17, 15) is 9.59 Å². The number of nitrogens with zero attached hydrogens (tertiary/aromatic N) is 2. The van der Waals surface area contributed by atoms with Crippen LogP contribution in [0.15, 0.2) is 29.3 Å². The Morgan fingerprint density at radius 1 is 1.26 bits per heavy atom. The van der Waals surface area contributed by atoms with E-state index in [2.05, 4.69) is 15.6 Å². The monoisotopic (exact) mass is 375 g/mol. The van der Waals surface area contributed by atoms with Crippen LogP contribution in [-0.4, -0.2) is 55.1 Å². The third-order valence-electron chi connectivity index (χ3n) is 4.33. The Bertz CT molecular complexity index is 652. The minimum absolute atomic E-state index is 0.0840. The number of anilines is 1. The van der Waals surface area contributed by atoms with Gasteiger partial charge in [-0.25, -0.2) is 4.79 Å². The number of rotatable bonds is 6. The molecule has 0 saturated carbocycles. The normalized spacial score (nSPS) is 15.3. The number of amides is 2. The van der Waals surface area contributed by atoms with Crippen molar-refractivity contribution in [3.8, 4) is 0 Å². The number of hydrogen-bond donors (Lipinski definition) is 3. The standard InChI is InChI=1S/C19H29N5O3/c1-3-27-19(26)24-12-9-17(10-13-24)23-18(20)21-11-8-15-4-6-16(7-5-15)22-14(2)25/h4-7,17H,3,8-13H2,1-2H3,(H,22,25)(H3,20,21,23). The van der Waals surface area contributed by atoms with Crippen LogP contribution in [0, 0.1) is 0 Å². The van der Waals surface area contributed by atoms with Crippen molar-refractivity contribution in [2.24, 2.45) is 10.7 Å². The molecule has 1 aliphatic rings. The molecular formula is C19H29N5O3. The van der Waals surface area contributed by atoms with Gasteiger partial charge in [0.15, 0.2) is 5.96 Å². The van der Waals surface area contributed by atoms with Gasteiger partial charge in [0.2, 0.25) is 5.91 Å². The Morgan fingerprint density at radius 3 is 2.52 bits per heavy atom. The number of ether oxygens (including phenoxy) is 1. The van der Waals surface area contributed by atoms with Gasteiger partial charge in [0.25, 0.3) is 0 Å². The van der Waals surface area contributed by atoms with Gasteiger partial charge in [-0.15, -0.1) is 0 Å². The zero-order chi connectivity index (χ0) is 19.6. The van der Waals surface area contributed by atoms with E-state index < -0.39 is 0 Å². The Kier molecular flexibility index (Phi) is 7.91. The van der Waals surface area contributed by atoms with E-state index in [0.717, 1.165) is 30.5 Å². The summed E-state index contributed by atoms with van der Waals surface area (Å²) >= 11 is 0. The SMILES string of the molecule is CCOC(=O)N1CCC(NC(N)=NCCc2ccc(NC(C)=O)cc2)CC1. The van der Waals surface area contributed by atoms with Crippen LogP contribution in [0.5, 0.6) is 0 Å². The number of piperidine rings is 1. The molecule has 27 heavy (non-hydrogen) atoms. The fourth-order valence-corrected chi connectivity index (χ4v) is 2.94. The van der Waals surface area contributed by atoms with Gasteiger partial charge in [0, 0.05) is 38.3 Å². The lowest BCUT2D eigenvalue weighted by atomic mass is 10.1. The summed E-state index contributed by atoms with van der Waals surface area (Å²) < 4.78 is 5.02. The summed E-state index contributed by atoms with van der Waals surface area (Å²) in [5, 5.41) is 5.97. The molecule has 1 fully saturated rings. The van der Waals surface area contributed by atoms with Gasteiger partial charge in [-0.05, 0) is 43.9 Å². The Hall–Kier alpha value is -2.77. The number of hydrogen-bond acceptors (Lipinski definition) is 4. The summed E-state index contributed by atoms with van der Waals surface area (Å²) in [7, 11) is 0. The summed E-state index contributed by atoms with van der Waals surface area (Å²) in [6.07, 6.45) is 2.16. The molecule has 1 heterocycles. The summed E-state index contributed by atoms with van der Waals surface area (Å²) in [4.78, 5) is 28.8. The van der Waals surface area contributed by atoms with Crippen LogP contribution in [0.3, 0.4) is 0 Å². The number of nitrogens with one attached hydrogen (secondary N) is 2. The zero-order valence-corrected chi connectivity index (χ0v) is 16.0. The van der Waals surface area contributed by atoms with Crippen molar-refractivity contribution in [2.45, 2.75) is 39.2 Å². The number of carbonyl (C=O) groups excluding carboxylic acids is 2. The number of guanidine groups is 1. The first-order valence-corrected chi connectivity index (χ1v) is 9.32. The highest BCUT2D eigenvalue weighted by molar-refractivity contribution is 5.88. The fourth-order valence-electron chi connectivity index (χ4n) is 2.94. The molecule has 2 amide bonds. The van der Waals surface area contributed by atoms with Crippen LogP contribution < -0.4 is 16.4 Å². The summed E-state index contributed by atoms with van der Waals surface area (Å²) in [5.74, 6) is 0.346. The molecule has 0 aliphatic carbocycles. The van der Waals surface area contributed by atoms with Crippen LogP contribution in [0.4, 0.5) is 10.5 Å². The van der Waals surface area contributed by atoms with Gasteiger partial charge in [-0.2, -0.15) is 0 Å². The van der Waals surface area contributed by atoms with E-state index in [-0.39, 0.29) is 18.0 Å². The zero-order valence-electron chi connectivity index (χ0n) is 16.0. The van der Waals surface area contributed by atoms with Crippen molar-refractivity contribution in [1.82, 2.24) is 10.2 Å².